The molecule has 0 aromatic rings. The topological polar surface area (TPSA) is 0 Å². The first-order valence-corrected chi connectivity index (χ1v) is 10.0. The van der Waals surface area contributed by atoms with Crippen molar-refractivity contribution in [1.29, 1.82) is 0 Å². The highest BCUT2D eigenvalue weighted by Crippen LogP contribution is 2.08. The molecule has 0 spiro atoms. The first-order chi connectivity index (χ1) is 9.83. The molecule has 2 heteroatoms. The summed E-state index contributed by atoms with van der Waals surface area (Å²) in [5.74, 6) is 1.68. The highest BCUT2D eigenvalue weighted by Gasteiger charge is 1.89. The Kier molecular flexibility index (Phi) is 28.1. The van der Waals surface area contributed by atoms with E-state index < -0.39 is 0 Å². The lowest BCUT2D eigenvalue weighted by Gasteiger charge is -1.98. The Balaban J connectivity index is 0. The Bertz CT molecular complexity index is 123. The van der Waals surface area contributed by atoms with Gasteiger partial charge in [0.05, 0.1) is 0 Å². The van der Waals surface area contributed by atoms with E-state index in [2.05, 4.69) is 13.8 Å². The molecule has 0 rings (SSSR count). The van der Waals surface area contributed by atoms with Crippen molar-refractivity contribution in [2.45, 2.75) is 104 Å². The predicted molar refractivity (Wildman–Crippen MR) is 97.4 cm³/mol. The normalized spacial score (nSPS) is 10.2. The van der Waals surface area contributed by atoms with Gasteiger partial charge in [-0.2, -0.15) is 0 Å². The van der Waals surface area contributed by atoms with Crippen LogP contribution < -0.4 is 0 Å². The molecule has 0 bridgehead atoms. The molecule has 0 heterocycles. The summed E-state index contributed by atoms with van der Waals surface area (Å²) in [5, 5.41) is 0. The Morgan fingerprint density at radius 3 is 0.900 bits per heavy atom. The Morgan fingerprint density at radius 2 is 0.650 bits per heavy atom. The van der Waals surface area contributed by atoms with Crippen LogP contribution in [0, 0.1) is 0 Å². The summed E-state index contributed by atoms with van der Waals surface area (Å²) in [5.41, 5.74) is 0. The minimum Gasteiger partial charge on any atom is -0.127 e. The second-order valence-corrected chi connectivity index (χ2v) is 6.38. The van der Waals surface area contributed by atoms with E-state index in [9.17, 15) is 0 Å². The van der Waals surface area contributed by atoms with Crippen LogP contribution in [0.25, 0.3) is 0 Å². The SMILES string of the molecule is CCCCCCCCCCCl.CCCCCCCCCl. The van der Waals surface area contributed by atoms with E-state index in [1.165, 1.54) is 89.9 Å². The molecule has 20 heavy (non-hydrogen) atoms. The predicted octanol–water partition coefficient (Wildman–Crippen LogP) is 7.95. The van der Waals surface area contributed by atoms with Gasteiger partial charge >= 0.3 is 0 Å². The van der Waals surface area contributed by atoms with Crippen molar-refractivity contribution in [1.82, 2.24) is 0 Å². The molecule has 0 N–H and O–H groups in total. The van der Waals surface area contributed by atoms with E-state index in [4.69, 9.17) is 23.2 Å². The fourth-order valence-electron chi connectivity index (χ4n) is 2.10. The minimum atomic E-state index is 0.839. The Labute approximate surface area is 139 Å². The summed E-state index contributed by atoms with van der Waals surface area (Å²) in [6.07, 6.45) is 19.0. The van der Waals surface area contributed by atoms with Crippen LogP contribution in [-0.2, 0) is 0 Å². The zero-order valence-corrected chi connectivity index (χ0v) is 15.6. The van der Waals surface area contributed by atoms with Crippen molar-refractivity contribution >= 4 is 23.2 Å². The van der Waals surface area contributed by atoms with Crippen LogP contribution in [0.15, 0.2) is 0 Å². The number of halogens is 2. The number of hydrogen-bond acceptors (Lipinski definition) is 0. The van der Waals surface area contributed by atoms with E-state index in [-0.39, 0.29) is 0 Å². The van der Waals surface area contributed by atoms with E-state index in [1.54, 1.807) is 0 Å². The van der Waals surface area contributed by atoms with Crippen LogP contribution in [0.2, 0.25) is 0 Å². The molecule has 0 aromatic heterocycles. The maximum absolute atomic E-state index is 5.56. The molecule has 0 fully saturated rings. The van der Waals surface area contributed by atoms with Gasteiger partial charge in [0.1, 0.15) is 0 Å². The van der Waals surface area contributed by atoms with E-state index in [0.717, 1.165) is 11.8 Å². The fraction of sp³-hybridized carbons (Fsp3) is 1.00. The minimum absolute atomic E-state index is 0.839. The third-order valence-electron chi connectivity index (χ3n) is 3.47. The Hall–Kier alpha value is 0.580. The van der Waals surface area contributed by atoms with Gasteiger partial charge in [-0.1, -0.05) is 90.9 Å². The summed E-state index contributed by atoms with van der Waals surface area (Å²) in [6.45, 7) is 4.50. The van der Waals surface area contributed by atoms with Gasteiger partial charge in [0.2, 0.25) is 0 Å². The van der Waals surface area contributed by atoms with Crippen molar-refractivity contribution in [3.05, 3.63) is 0 Å². The molecule has 124 valence electrons. The molecule has 0 unspecified atom stereocenters. The van der Waals surface area contributed by atoms with Gasteiger partial charge in [0.15, 0.2) is 0 Å². The molecule has 0 aromatic carbocycles. The summed E-state index contributed by atoms with van der Waals surface area (Å²) in [7, 11) is 0. The zero-order valence-electron chi connectivity index (χ0n) is 14.1. The zero-order chi connectivity index (χ0) is 15.3. The van der Waals surface area contributed by atoms with E-state index in [0.29, 0.717) is 0 Å². The first kappa shape index (κ1) is 22.9. The molecule has 0 atom stereocenters. The van der Waals surface area contributed by atoms with Gasteiger partial charge in [0.25, 0.3) is 0 Å². The highest BCUT2D eigenvalue weighted by atomic mass is 35.5. The lowest BCUT2D eigenvalue weighted by Crippen LogP contribution is -1.80. The van der Waals surface area contributed by atoms with Crippen LogP contribution in [0.5, 0.6) is 0 Å². The van der Waals surface area contributed by atoms with Gasteiger partial charge in [0, 0.05) is 11.8 Å². The number of alkyl halides is 2. The quantitative estimate of drug-likeness (QED) is 0.224. The van der Waals surface area contributed by atoms with Crippen LogP contribution in [0.4, 0.5) is 0 Å². The molecule has 0 saturated carbocycles. The highest BCUT2D eigenvalue weighted by molar-refractivity contribution is 6.18. The molecule has 0 aliphatic heterocycles. The standard InChI is InChI=1S/C10H21Cl.C8H17Cl/c1-2-3-4-5-6-7-8-9-10-11;1-2-3-4-5-6-7-8-9/h2-10H2,1H3;2-8H2,1H3. The second kappa shape index (κ2) is 24.6. The van der Waals surface area contributed by atoms with Gasteiger partial charge in [-0.25, -0.2) is 0 Å². The maximum atomic E-state index is 5.56. The number of rotatable bonds is 14. The monoisotopic (exact) mass is 324 g/mol. The van der Waals surface area contributed by atoms with Gasteiger partial charge in [-0.05, 0) is 12.8 Å². The van der Waals surface area contributed by atoms with Crippen molar-refractivity contribution in [3.8, 4) is 0 Å². The van der Waals surface area contributed by atoms with Gasteiger partial charge < -0.3 is 0 Å². The van der Waals surface area contributed by atoms with Gasteiger partial charge in [-0.3, -0.25) is 0 Å². The molecule has 0 aliphatic carbocycles. The Morgan fingerprint density at radius 1 is 0.400 bits per heavy atom. The maximum Gasteiger partial charge on any atom is 0.0223 e. The average molecular weight is 325 g/mol. The summed E-state index contributed by atoms with van der Waals surface area (Å²) >= 11 is 11.1. The van der Waals surface area contributed by atoms with Crippen molar-refractivity contribution < 1.29 is 0 Å². The van der Waals surface area contributed by atoms with Crippen LogP contribution >= 0.6 is 23.2 Å². The summed E-state index contributed by atoms with van der Waals surface area (Å²) in [6, 6.07) is 0. The lowest BCUT2D eigenvalue weighted by atomic mass is 10.1. The first-order valence-electron chi connectivity index (χ1n) is 8.95. The number of unbranched alkanes of at least 4 members (excludes halogenated alkanes) is 12. The van der Waals surface area contributed by atoms with E-state index in [1.807, 2.05) is 0 Å². The molecule has 0 aliphatic rings. The molecule has 0 nitrogen and oxygen atoms in total. The smallest absolute Gasteiger partial charge is 0.0223 e. The molecule has 0 saturated heterocycles. The van der Waals surface area contributed by atoms with Crippen LogP contribution in [0.3, 0.4) is 0 Å². The van der Waals surface area contributed by atoms with Crippen molar-refractivity contribution in [3.63, 3.8) is 0 Å². The van der Waals surface area contributed by atoms with Crippen molar-refractivity contribution in [2.75, 3.05) is 11.8 Å². The van der Waals surface area contributed by atoms with Gasteiger partial charge in [-0.15, -0.1) is 23.2 Å². The molecule has 0 amide bonds. The second-order valence-electron chi connectivity index (χ2n) is 5.62. The summed E-state index contributed by atoms with van der Waals surface area (Å²) < 4.78 is 0. The largest absolute Gasteiger partial charge is 0.127 e. The van der Waals surface area contributed by atoms with E-state index >= 15 is 0 Å². The molecule has 0 radical (unpaired) electrons. The molecular formula is C18H38Cl2. The summed E-state index contributed by atoms with van der Waals surface area (Å²) in [4.78, 5) is 0. The third kappa shape index (κ3) is 27.0. The van der Waals surface area contributed by atoms with Crippen molar-refractivity contribution in [2.24, 2.45) is 0 Å². The average Bonchev–Trinajstić information content (AvgIpc) is 2.47. The van der Waals surface area contributed by atoms with Crippen LogP contribution in [-0.4, -0.2) is 11.8 Å². The third-order valence-corrected chi connectivity index (χ3v) is 4.01. The van der Waals surface area contributed by atoms with Crippen LogP contribution in [0.1, 0.15) is 104 Å². The molecular weight excluding hydrogens is 287 g/mol. The number of hydrogen-bond donors (Lipinski definition) is 0. The lowest BCUT2D eigenvalue weighted by molar-refractivity contribution is 0.586. The fourth-order valence-corrected chi connectivity index (χ4v) is 2.48.